The SMILES string of the molecule is CCCc1c(N)nnn1Cc1cn2cccc(C)c2n1. The molecule has 0 unspecified atom stereocenters. The molecule has 20 heavy (non-hydrogen) atoms. The summed E-state index contributed by atoms with van der Waals surface area (Å²) in [5.41, 5.74) is 9.94. The minimum atomic E-state index is 0.520. The zero-order valence-electron chi connectivity index (χ0n) is 11.7. The van der Waals surface area contributed by atoms with E-state index in [-0.39, 0.29) is 0 Å². The van der Waals surface area contributed by atoms with Crippen LogP contribution in [0.2, 0.25) is 0 Å². The summed E-state index contributed by atoms with van der Waals surface area (Å²) in [6.45, 7) is 4.77. The van der Waals surface area contributed by atoms with Gasteiger partial charge in [0.05, 0.1) is 17.9 Å². The summed E-state index contributed by atoms with van der Waals surface area (Å²) < 4.78 is 3.88. The molecule has 0 radical (unpaired) electrons. The number of nitrogen functional groups attached to an aromatic ring is 1. The number of hydrogen-bond donors (Lipinski definition) is 1. The Balaban J connectivity index is 1.95. The molecule has 0 atom stereocenters. The minimum Gasteiger partial charge on any atom is -0.381 e. The van der Waals surface area contributed by atoms with E-state index in [1.165, 1.54) is 0 Å². The zero-order valence-corrected chi connectivity index (χ0v) is 11.7. The van der Waals surface area contributed by atoms with Crippen molar-refractivity contribution >= 4 is 11.5 Å². The van der Waals surface area contributed by atoms with E-state index in [1.54, 1.807) is 0 Å². The average Bonchev–Trinajstić information content (AvgIpc) is 2.98. The molecule has 0 aromatic carbocycles. The Labute approximate surface area is 117 Å². The van der Waals surface area contributed by atoms with Crippen molar-refractivity contribution in [2.75, 3.05) is 5.73 Å². The van der Waals surface area contributed by atoms with Crippen LogP contribution in [0.4, 0.5) is 5.82 Å². The first kappa shape index (κ1) is 12.7. The molecule has 2 N–H and O–H groups in total. The zero-order chi connectivity index (χ0) is 14.1. The number of aromatic nitrogens is 5. The Morgan fingerprint density at radius 3 is 2.95 bits per heavy atom. The molecule has 3 aromatic heterocycles. The molecule has 3 aromatic rings. The molecule has 0 aliphatic carbocycles. The number of rotatable bonds is 4. The molecule has 6 nitrogen and oxygen atoms in total. The first-order valence-electron chi connectivity index (χ1n) is 6.80. The number of fused-ring (bicyclic) bond motifs is 1. The van der Waals surface area contributed by atoms with Gasteiger partial charge in [0, 0.05) is 12.4 Å². The highest BCUT2D eigenvalue weighted by Gasteiger charge is 2.11. The number of pyridine rings is 1. The van der Waals surface area contributed by atoms with Gasteiger partial charge in [-0.1, -0.05) is 24.6 Å². The minimum absolute atomic E-state index is 0.520. The van der Waals surface area contributed by atoms with Crippen molar-refractivity contribution < 1.29 is 0 Å². The van der Waals surface area contributed by atoms with E-state index in [1.807, 2.05) is 27.5 Å². The van der Waals surface area contributed by atoms with Gasteiger partial charge < -0.3 is 10.1 Å². The van der Waals surface area contributed by atoms with Crippen LogP contribution in [0.25, 0.3) is 5.65 Å². The largest absolute Gasteiger partial charge is 0.381 e. The molecule has 0 fully saturated rings. The molecule has 104 valence electrons. The molecular weight excluding hydrogens is 252 g/mol. The van der Waals surface area contributed by atoms with E-state index < -0.39 is 0 Å². The quantitative estimate of drug-likeness (QED) is 0.784. The maximum atomic E-state index is 5.86. The fourth-order valence-corrected chi connectivity index (χ4v) is 2.40. The van der Waals surface area contributed by atoms with Crippen molar-refractivity contribution in [3.63, 3.8) is 0 Å². The predicted octanol–water partition coefficient (Wildman–Crippen LogP) is 1.82. The smallest absolute Gasteiger partial charge is 0.169 e. The predicted molar refractivity (Wildman–Crippen MR) is 77.5 cm³/mol. The molecule has 0 amide bonds. The van der Waals surface area contributed by atoms with Gasteiger partial charge in [0.25, 0.3) is 0 Å². The van der Waals surface area contributed by atoms with Crippen molar-refractivity contribution in [3.05, 3.63) is 41.5 Å². The van der Waals surface area contributed by atoms with Gasteiger partial charge in [0.15, 0.2) is 5.82 Å². The van der Waals surface area contributed by atoms with Crippen molar-refractivity contribution in [2.24, 2.45) is 0 Å². The Bertz CT molecular complexity index is 739. The van der Waals surface area contributed by atoms with Crippen LogP contribution in [-0.4, -0.2) is 24.4 Å². The van der Waals surface area contributed by atoms with E-state index in [0.29, 0.717) is 12.4 Å². The Kier molecular flexibility index (Phi) is 3.14. The van der Waals surface area contributed by atoms with Crippen molar-refractivity contribution in [1.82, 2.24) is 24.4 Å². The summed E-state index contributed by atoms with van der Waals surface area (Å²) in [5.74, 6) is 0.520. The molecule has 6 heteroatoms. The number of imidazole rings is 1. The van der Waals surface area contributed by atoms with Crippen LogP contribution < -0.4 is 5.73 Å². The normalized spacial score (nSPS) is 11.3. The van der Waals surface area contributed by atoms with Crippen LogP contribution in [0.3, 0.4) is 0 Å². The van der Waals surface area contributed by atoms with Gasteiger partial charge in [-0.2, -0.15) is 0 Å². The fourth-order valence-electron chi connectivity index (χ4n) is 2.40. The summed E-state index contributed by atoms with van der Waals surface area (Å²) in [7, 11) is 0. The van der Waals surface area contributed by atoms with Crippen molar-refractivity contribution in [2.45, 2.75) is 33.2 Å². The average molecular weight is 270 g/mol. The monoisotopic (exact) mass is 270 g/mol. The second-order valence-electron chi connectivity index (χ2n) is 4.98. The third-order valence-corrected chi connectivity index (χ3v) is 3.39. The highest BCUT2D eigenvalue weighted by Crippen LogP contribution is 2.14. The van der Waals surface area contributed by atoms with E-state index in [0.717, 1.165) is 35.4 Å². The number of nitrogens with two attached hydrogens (primary N) is 1. The van der Waals surface area contributed by atoms with Crippen LogP contribution in [0.5, 0.6) is 0 Å². The first-order chi connectivity index (χ1) is 9.69. The standard InChI is InChI=1S/C14H18N6/c1-3-5-12-13(15)17-18-20(12)9-11-8-19-7-4-6-10(2)14(19)16-11/h4,6-8H,3,5,9,15H2,1-2H3. The van der Waals surface area contributed by atoms with E-state index >= 15 is 0 Å². The van der Waals surface area contributed by atoms with Gasteiger partial charge in [-0.25, -0.2) is 9.67 Å². The van der Waals surface area contributed by atoms with Gasteiger partial charge in [-0.3, -0.25) is 0 Å². The summed E-state index contributed by atoms with van der Waals surface area (Å²) in [6, 6.07) is 4.08. The molecule has 3 rings (SSSR count). The molecule has 0 saturated heterocycles. The number of hydrogen-bond acceptors (Lipinski definition) is 4. The van der Waals surface area contributed by atoms with Crippen molar-refractivity contribution in [3.8, 4) is 0 Å². The lowest BCUT2D eigenvalue weighted by atomic mass is 10.2. The summed E-state index contributed by atoms with van der Waals surface area (Å²) in [5, 5.41) is 8.07. The van der Waals surface area contributed by atoms with Gasteiger partial charge >= 0.3 is 0 Å². The summed E-state index contributed by atoms with van der Waals surface area (Å²) in [6.07, 6.45) is 5.92. The second kappa shape index (κ2) is 4.96. The highest BCUT2D eigenvalue weighted by atomic mass is 15.4. The number of anilines is 1. The fraction of sp³-hybridized carbons (Fsp3) is 0.357. The van der Waals surface area contributed by atoms with E-state index in [4.69, 9.17) is 5.73 Å². The Hall–Kier alpha value is -2.37. The maximum Gasteiger partial charge on any atom is 0.169 e. The topological polar surface area (TPSA) is 74.0 Å². The van der Waals surface area contributed by atoms with Gasteiger partial charge in [-0.15, -0.1) is 5.10 Å². The first-order valence-corrected chi connectivity index (χ1v) is 6.80. The highest BCUT2D eigenvalue weighted by molar-refractivity contribution is 5.48. The number of aryl methyl sites for hydroxylation is 1. The molecule has 0 saturated carbocycles. The molecule has 0 spiro atoms. The van der Waals surface area contributed by atoms with Crippen LogP contribution in [0, 0.1) is 6.92 Å². The summed E-state index contributed by atoms with van der Waals surface area (Å²) >= 11 is 0. The van der Waals surface area contributed by atoms with Crippen LogP contribution in [-0.2, 0) is 13.0 Å². The lowest BCUT2D eigenvalue weighted by molar-refractivity contribution is 0.606. The third kappa shape index (κ3) is 2.13. The number of nitrogens with zero attached hydrogens (tertiary/aromatic N) is 5. The lowest BCUT2D eigenvalue weighted by Crippen LogP contribution is -2.07. The maximum absolute atomic E-state index is 5.86. The Morgan fingerprint density at radius 2 is 2.20 bits per heavy atom. The van der Waals surface area contributed by atoms with Gasteiger partial charge in [0.2, 0.25) is 0 Å². The van der Waals surface area contributed by atoms with E-state index in [9.17, 15) is 0 Å². The molecule has 0 aliphatic heterocycles. The van der Waals surface area contributed by atoms with E-state index in [2.05, 4.69) is 35.2 Å². The molecule has 0 aliphatic rings. The molecule has 3 heterocycles. The van der Waals surface area contributed by atoms with Crippen LogP contribution in [0.1, 0.15) is 30.3 Å². The third-order valence-electron chi connectivity index (χ3n) is 3.39. The van der Waals surface area contributed by atoms with Crippen LogP contribution >= 0.6 is 0 Å². The Morgan fingerprint density at radius 1 is 1.35 bits per heavy atom. The van der Waals surface area contributed by atoms with Gasteiger partial charge in [-0.05, 0) is 25.0 Å². The molecular formula is C14H18N6. The lowest BCUT2D eigenvalue weighted by Gasteiger charge is -2.03. The van der Waals surface area contributed by atoms with Gasteiger partial charge in [0.1, 0.15) is 5.65 Å². The summed E-state index contributed by atoms with van der Waals surface area (Å²) in [4.78, 5) is 4.65. The van der Waals surface area contributed by atoms with Crippen molar-refractivity contribution in [1.29, 1.82) is 0 Å². The van der Waals surface area contributed by atoms with Crippen LogP contribution in [0.15, 0.2) is 24.5 Å². The molecule has 0 bridgehead atoms. The second-order valence-corrected chi connectivity index (χ2v) is 4.98.